The van der Waals surface area contributed by atoms with E-state index in [-0.39, 0.29) is 10.8 Å². The summed E-state index contributed by atoms with van der Waals surface area (Å²) < 4.78 is 28.2. The Morgan fingerprint density at radius 2 is 1.90 bits per heavy atom. The molecule has 0 aromatic heterocycles. The van der Waals surface area contributed by atoms with Crippen molar-refractivity contribution < 1.29 is 13.3 Å². The standard InChI is InChI=1S/C15H22N2O3S/c1-4-6-7-8-15(20-16-5-2)17-21(18,19)14-11-9-13(3)10-12-14/h5,9-12H,4,6-8H2,1-3H3/b16-5+,17-15+. The second kappa shape index (κ2) is 8.56. The van der Waals surface area contributed by atoms with Crippen molar-refractivity contribution in [1.29, 1.82) is 0 Å². The molecule has 0 saturated carbocycles. The fraction of sp³-hybridized carbons (Fsp3) is 0.467. The van der Waals surface area contributed by atoms with Gasteiger partial charge in [0.05, 0.1) is 4.90 Å². The van der Waals surface area contributed by atoms with Gasteiger partial charge in [0.25, 0.3) is 10.0 Å². The Labute approximate surface area is 126 Å². The predicted molar refractivity (Wildman–Crippen MR) is 85.2 cm³/mol. The van der Waals surface area contributed by atoms with Crippen molar-refractivity contribution in [2.75, 3.05) is 0 Å². The molecule has 0 radical (unpaired) electrons. The summed E-state index contributed by atoms with van der Waals surface area (Å²) in [7, 11) is -3.75. The molecular weight excluding hydrogens is 288 g/mol. The van der Waals surface area contributed by atoms with E-state index in [4.69, 9.17) is 4.84 Å². The van der Waals surface area contributed by atoms with Gasteiger partial charge < -0.3 is 4.84 Å². The third-order valence-corrected chi connectivity index (χ3v) is 4.11. The zero-order chi connectivity index (χ0) is 15.7. The number of oxime groups is 1. The molecule has 0 saturated heterocycles. The van der Waals surface area contributed by atoms with Crippen molar-refractivity contribution in [3.05, 3.63) is 29.8 Å². The molecule has 1 aromatic carbocycles. The lowest BCUT2D eigenvalue weighted by atomic mass is 10.2. The maximum absolute atomic E-state index is 12.2. The van der Waals surface area contributed by atoms with E-state index in [9.17, 15) is 8.42 Å². The summed E-state index contributed by atoms with van der Waals surface area (Å²) >= 11 is 0. The summed E-state index contributed by atoms with van der Waals surface area (Å²) in [6, 6.07) is 6.57. The molecule has 0 fully saturated rings. The average Bonchev–Trinajstić information content (AvgIpc) is 2.45. The fourth-order valence-electron chi connectivity index (χ4n) is 1.64. The summed E-state index contributed by atoms with van der Waals surface area (Å²) in [5.74, 6) is 0.127. The van der Waals surface area contributed by atoms with Crippen molar-refractivity contribution >= 4 is 22.1 Å². The zero-order valence-corrected chi connectivity index (χ0v) is 13.6. The van der Waals surface area contributed by atoms with Crippen molar-refractivity contribution in [3.8, 4) is 0 Å². The van der Waals surface area contributed by atoms with Gasteiger partial charge in [-0.3, -0.25) is 0 Å². The highest BCUT2D eigenvalue weighted by Gasteiger charge is 2.15. The molecule has 0 spiro atoms. The topological polar surface area (TPSA) is 68.1 Å². The molecule has 0 heterocycles. The number of hydrogen-bond acceptors (Lipinski definition) is 4. The van der Waals surface area contributed by atoms with Crippen LogP contribution in [0.15, 0.2) is 38.7 Å². The van der Waals surface area contributed by atoms with Gasteiger partial charge in [-0.1, -0.05) is 42.6 Å². The molecule has 0 aliphatic heterocycles. The van der Waals surface area contributed by atoms with Gasteiger partial charge in [-0.05, 0) is 32.4 Å². The van der Waals surface area contributed by atoms with Gasteiger partial charge in [0.15, 0.2) is 0 Å². The second-order valence-electron chi connectivity index (χ2n) is 4.69. The van der Waals surface area contributed by atoms with E-state index in [1.54, 1.807) is 31.2 Å². The minimum atomic E-state index is -3.75. The lowest BCUT2D eigenvalue weighted by Gasteiger charge is -2.04. The normalized spacial score (nSPS) is 12.8. The number of unbranched alkanes of at least 4 members (excludes halogenated alkanes) is 2. The van der Waals surface area contributed by atoms with E-state index in [0.29, 0.717) is 6.42 Å². The minimum absolute atomic E-state index is 0.127. The molecule has 5 nitrogen and oxygen atoms in total. The first-order chi connectivity index (χ1) is 9.99. The molecule has 0 amide bonds. The van der Waals surface area contributed by atoms with Crippen molar-refractivity contribution in [1.82, 2.24) is 0 Å². The molecule has 0 unspecified atom stereocenters. The van der Waals surface area contributed by atoms with Crippen molar-refractivity contribution in [3.63, 3.8) is 0 Å². The van der Waals surface area contributed by atoms with Gasteiger partial charge in [0.2, 0.25) is 5.90 Å². The lowest BCUT2D eigenvalue weighted by Crippen LogP contribution is -2.07. The van der Waals surface area contributed by atoms with Gasteiger partial charge in [0, 0.05) is 12.6 Å². The number of hydrogen-bond donors (Lipinski definition) is 0. The van der Waals surface area contributed by atoms with Crippen LogP contribution < -0.4 is 0 Å². The van der Waals surface area contributed by atoms with Gasteiger partial charge in [-0.15, -0.1) is 4.40 Å². The monoisotopic (exact) mass is 310 g/mol. The quantitative estimate of drug-likeness (QED) is 0.334. The molecule has 6 heteroatoms. The Morgan fingerprint density at radius 1 is 1.24 bits per heavy atom. The van der Waals surface area contributed by atoms with Gasteiger partial charge in [0.1, 0.15) is 0 Å². The van der Waals surface area contributed by atoms with E-state index in [0.717, 1.165) is 24.8 Å². The molecule has 0 atom stereocenters. The second-order valence-corrected chi connectivity index (χ2v) is 6.29. The van der Waals surface area contributed by atoms with E-state index in [1.807, 2.05) is 6.92 Å². The van der Waals surface area contributed by atoms with Crippen LogP contribution in [0.3, 0.4) is 0 Å². The summed E-state index contributed by atoms with van der Waals surface area (Å²) in [6.45, 7) is 5.66. The molecule has 0 aliphatic carbocycles. The summed E-state index contributed by atoms with van der Waals surface area (Å²) in [6.07, 6.45) is 4.75. The molecule has 0 N–H and O–H groups in total. The lowest BCUT2D eigenvalue weighted by molar-refractivity contribution is 0.319. The Bertz CT molecular complexity index is 590. The molecule has 1 aromatic rings. The molecular formula is C15H22N2O3S. The van der Waals surface area contributed by atoms with Crippen LogP contribution in [0.1, 0.15) is 45.1 Å². The Morgan fingerprint density at radius 3 is 2.48 bits per heavy atom. The number of sulfonamides is 1. The van der Waals surface area contributed by atoms with E-state index < -0.39 is 10.0 Å². The third-order valence-electron chi connectivity index (χ3n) is 2.80. The van der Waals surface area contributed by atoms with E-state index in [1.165, 1.54) is 6.21 Å². The SMILES string of the molecule is C/C=N/O/C(CCCCC)=N/S(=O)(=O)c1ccc(C)cc1. The average molecular weight is 310 g/mol. The number of benzene rings is 1. The van der Waals surface area contributed by atoms with Crippen LogP contribution in [0.25, 0.3) is 0 Å². The molecule has 21 heavy (non-hydrogen) atoms. The van der Waals surface area contributed by atoms with Crippen LogP contribution in [0.5, 0.6) is 0 Å². The highest BCUT2D eigenvalue weighted by molar-refractivity contribution is 7.90. The third kappa shape index (κ3) is 6.08. The molecule has 1 rings (SSSR count). The highest BCUT2D eigenvalue weighted by atomic mass is 32.2. The predicted octanol–water partition coefficient (Wildman–Crippen LogP) is 3.68. The Kier molecular flexibility index (Phi) is 7.08. The minimum Gasteiger partial charge on any atom is -0.341 e. The zero-order valence-electron chi connectivity index (χ0n) is 12.7. The van der Waals surface area contributed by atoms with Crippen LogP contribution in [0.4, 0.5) is 0 Å². The Balaban J connectivity index is 2.97. The number of nitrogens with zero attached hydrogens (tertiary/aromatic N) is 2. The van der Waals surface area contributed by atoms with Crippen molar-refractivity contribution in [2.45, 2.75) is 51.3 Å². The molecule has 116 valence electrons. The Hall–Kier alpha value is -1.69. The largest absolute Gasteiger partial charge is 0.341 e. The first-order valence-corrected chi connectivity index (χ1v) is 8.49. The van der Waals surface area contributed by atoms with Gasteiger partial charge in [-0.25, -0.2) is 0 Å². The summed E-state index contributed by atoms with van der Waals surface area (Å²) in [5.41, 5.74) is 0.993. The van der Waals surface area contributed by atoms with E-state index >= 15 is 0 Å². The fourth-order valence-corrected chi connectivity index (χ4v) is 2.62. The van der Waals surface area contributed by atoms with Gasteiger partial charge >= 0.3 is 0 Å². The maximum Gasteiger partial charge on any atom is 0.285 e. The highest BCUT2D eigenvalue weighted by Crippen LogP contribution is 2.15. The van der Waals surface area contributed by atoms with Crippen LogP contribution >= 0.6 is 0 Å². The van der Waals surface area contributed by atoms with Crippen LogP contribution in [-0.4, -0.2) is 20.5 Å². The first kappa shape index (κ1) is 17.4. The molecule has 0 bridgehead atoms. The van der Waals surface area contributed by atoms with Gasteiger partial charge in [-0.2, -0.15) is 8.42 Å². The number of aryl methyl sites for hydroxylation is 1. The summed E-state index contributed by atoms with van der Waals surface area (Å²) in [4.78, 5) is 5.22. The van der Waals surface area contributed by atoms with E-state index in [2.05, 4.69) is 16.5 Å². The van der Waals surface area contributed by atoms with Crippen LogP contribution in [0.2, 0.25) is 0 Å². The van der Waals surface area contributed by atoms with Crippen LogP contribution in [-0.2, 0) is 14.9 Å². The maximum atomic E-state index is 12.2. The number of rotatable bonds is 7. The smallest absolute Gasteiger partial charge is 0.285 e. The van der Waals surface area contributed by atoms with Crippen molar-refractivity contribution in [2.24, 2.45) is 9.55 Å². The first-order valence-electron chi connectivity index (χ1n) is 7.05. The summed E-state index contributed by atoms with van der Waals surface area (Å²) in [5, 5.41) is 3.62. The van der Waals surface area contributed by atoms with Crippen LogP contribution in [0, 0.1) is 6.92 Å². The molecule has 0 aliphatic rings.